The van der Waals surface area contributed by atoms with E-state index in [-0.39, 0.29) is 11.4 Å². The molecule has 0 unspecified atom stereocenters. The van der Waals surface area contributed by atoms with Gasteiger partial charge >= 0.3 is 0 Å². The molecule has 2 rings (SSSR count). The van der Waals surface area contributed by atoms with Gasteiger partial charge in [-0.05, 0) is 17.7 Å². The monoisotopic (exact) mass is 311 g/mol. The Balaban J connectivity index is 2.07. The van der Waals surface area contributed by atoms with Gasteiger partial charge < -0.3 is 10.3 Å². The molecule has 0 radical (unpaired) electrons. The summed E-state index contributed by atoms with van der Waals surface area (Å²) in [7, 11) is -3.58. The quantitative estimate of drug-likeness (QED) is 0.772. The van der Waals surface area contributed by atoms with Crippen molar-refractivity contribution in [3.63, 3.8) is 0 Å². The molecule has 0 aliphatic heterocycles. The molecule has 0 saturated heterocycles. The van der Waals surface area contributed by atoms with Crippen LogP contribution in [0.4, 0.5) is 0 Å². The highest BCUT2D eigenvalue weighted by Crippen LogP contribution is 2.11. The topological polar surface area (TPSA) is 98.2 Å². The predicted octanol–water partition coefficient (Wildman–Crippen LogP) is 0.982. The zero-order valence-corrected chi connectivity index (χ0v) is 12.1. The van der Waals surface area contributed by atoms with Crippen LogP contribution in [-0.2, 0) is 23.0 Å². The van der Waals surface area contributed by atoms with Crippen LogP contribution in [0.2, 0.25) is 0 Å². The highest BCUT2D eigenvalue weighted by atomic mass is 32.2. The molecule has 0 fully saturated rings. The van der Waals surface area contributed by atoms with Gasteiger partial charge in [0.05, 0.1) is 22.6 Å². The van der Waals surface area contributed by atoms with E-state index in [9.17, 15) is 8.42 Å². The van der Waals surface area contributed by atoms with Crippen LogP contribution in [0.1, 0.15) is 11.3 Å². The van der Waals surface area contributed by atoms with Gasteiger partial charge in [-0.15, -0.1) is 0 Å². The number of nitrogens with two attached hydrogens (primary N) is 1. The Kier molecular flexibility index (Phi) is 4.48. The van der Waals surface area contributed by atoms with Gasteiger partial charge in [0.2, 0.25) is 10.0 Å². The molecule has 1 aromatic carbocycles. The van der Waals surface area contributed by atoms with E-state index in [1.54, 1.807) is 18.2 Å². The molecule has 0 saturated carbocycles. The number of nitrogens with one attached hydrogen (secondary N) is 1. The summed E-state index contributed by atoms with van der Waals surface area (Å²) < 4.78 is 31.3. The Labute approximate surface area is 122 Å². The largest absolute Gasteiger partial charge is 0.393 e. The zero-order valence-electron chi connectivity index (χ0n) is 10.4. The molecule has 1 heterocycles. The number of hydrogen-bond acceptors (Lipinski definition) is 5. The van der Waals surface area contributed by atoms with Crippen molar-refractivity contribution in [3.05, 3.63) is 47.9 Å². The third kappa shape index (κ3) is 3.86. The molecular weight excluding hydrogens is 298 g/mol. The van der Waals surface area contributed by atoms with E-state index in [4.69, 9.17) is 22.5 Å². The Hall–Kier alpha value is -1.77. The van der Waals surface area contributed by atoms with Crippen LogP contribution < -0.4 is 10.5 Å². The minimum Gasteiger partial charge on any atom is -0.393 e. The lowest BCUT2D eigenvalue weighted by atomic mass is 10.1. The smallest absolute Gasteiger partial charge is 0.240 e. The van der Waals surface area contributed by atoms with Crippen LogP contribution in [0.15, 0.2) is 45.9 Å². The van der Waals surface area contributed by atoms with Gasteiger partial charge in [-0.2, -0.15) is 0 Å². The Morgan fingerprint density at radius 3 is 2.55 bits per heavy atom. The van der Waals surface area contributed by atoms with Crippen molar-refractivity contribution in [2.45, 2.75) is 17.9 Å². The van der Waals surface area contributed by atoms with E-state index in [1.807, 2.05) is 0 Å². The van der Waals surface area contributed by atoms with E-state index in [0.717, 1.165) is 5.56 Å². The summed E-state index contributed by atoms with van der Waals surface area (Å²) in [6, 6.07) is 7.98. The Bertz CT molecular complexity index is 679. The maximum absolute atomic E-state index is 12.0. The van der Waals surface area contributed by atoms with Gasteiger partial charge in [-0.25, -0.2) is 13.1 Å². The van der Waals surface area contributed by atoms with Gasteiger partial charge in [0.1, 0.15) is 0 Å². The molecule has 8 heteroatoms. The lowest BCUT2D eigenvalue weighted by molar-refractivity contribution is 0.380. The number of hydrogen-bond donors (Lipinski definition) is 2. The summed E-state index contributed by atoms with van der Waals surface area (Å²) in [4.78, 5) is 0.535. The fraction of sp³-hybridized carbons (Fsp3) is 0.167. The van der Waals surface area contributed by atoms with Crippen molar-refractivity contribution in [1.29, 1.82) is 0 Å². The number of nitrogens with zero attached hydrogens (tertiary/aromatic N) is 1. The van der Waals surface area contributed by atoms with Crippen LogP contribution in [0, 0.1) is 0 Å². The lowest BCUT2D eigenvalue weighted by Gasteiger charge is -2.06. The molecule has 0 amide bonds. The SMILES string of the molecule is NC(=S)Cc1ccc(S(=O)(=O)NCc2ccno2)cc1. The third-order valence-electron chi connectivity index (χ3n) is 2.54. The number of sulfonamides is 1. The van der Waals surface area contributed by atoms with Crippen LogP contribution in [-0.4, -0.2) is 18.6 Å². The summed E-state index contributed by atoms with van der Waals surface area (Å²) in [5.41, 5.74) is 6.30. The Morgan fingerprint density at radius 1 is 1.30 bits per heavy atom. The first-order valence-electron chi connectivity index (χ1n) is 5.74. The predicted molar refractivity (Wildman–Crippen MR) is 77.5 cm³/mol. The minimum atomic E-state index is -3.58. The summed E-state index contributed by atoms with van der Waals surface area (Å²) in [5, 5.41) is 3.50. The van der Waals surface area contributed by atoms with Crippen molar-refractivity contribution in [2.24, 2.45) is 5.73 Å². The summed E-state index contributed by atoms with van der Waals surface area (Å²) in [5.74, 6) is 0.443. The fourth-order valence-electron chi connectivity index (χ4n) is 1.57. The first kappa shape index (κ1) is 14.6. The zero-order chi connectivity index (χ0) is 14.6. The first-order valence-corrected chi connectivity index (χ1v) is 7.63. The molecule has 0 aliphatic carbocycles. The molecule has 0 aliphatic rings. The van der Waals surface area contributed by atoms with Crippen molar-refractivity contribution in [2.75, 3.05) is 0 Å². The first-order chi connectivity index (χ1) is 9.47. The van der Waals surface area contributed by atoms with Gasteiger partial charge in [0.15, 0.2) is 5.76 Å². The number of rotatable bonds is 6. The standard InChI is InChI=1S/C12H13N3O3S2/c13-12(19)7-9-1-3-11(4-2-9)20(16,17)15-8-10-5-6-14-18-10/h1-6,15H,7-8H2,(H2,13,19). The van der Waals surface area contributed by atoms with Crippen LogP contribution >= 0.6 is 12.2 Å². The van der Waals surface area contributed by atoms with Crippen molar-refractivity contribution < 1.29 is 12.9 Å². The maximum Gasteiger partial charge on any atom is 0.240 e. The maximum atomic E-state index is 12.0. The average Bonchev–Trinajstić information content (AvgIpc) is 2.89. The number of benzene rings is 1. The molecule has 0 atom stereocenters. The van der Waals surface area contributed by atoms with Crippen LogP contribution in [0.5, 0.6) is 0 Å². The van der Waals surface area contributed by atoms with Gasteiger partial charge in [-0.3, -0.25) is 0 Å². The summed E-state index contributed by atoms with van der Waals surface area (Å²) in [6.45, 7) is 0.0526. The molecule has 106 valence electrons. The van der Waals surface area contributed by atoms with Crippen molar-refractivity contribution in [1.82, 2.24) is 9.88 Å². The molecular formula is C12H13N3O3S2. The van der Waals surface area contributed by atoms with Gasteiger partial charge in [0, 0.05) is 12.5 Å². The van der Waals surface area contributed by atoms with Crippen molar-refractivity contribution >= 4 is 27.2 Å². The highest BCUT2D eigenvalue weighted by molar-refractivity contribution is 7.89. The van der Waals surface area contributed by atoms with Crippen molar-refractivity contribution in [3.8, 4) is 0 Å². The Morgan fingerprint density at radius 2 is 2.00 bits per heavy atom. The molecule has 1 aromatic heterocycles. The van der Waals surface area contributed by atoms with Crippen LogP contribution in [0.3, 0.4) is 0 Å². The average molecular weight is 311 g/mol. The highest BCUT2D eigenvalue weighted by Gasteiger charge is 2.14. The summed E-state index contributed by atoms with van der Waals surface area (Å²) >= 11 is 4.80. The normalized spacial score (nSPS) is 11.4. The fourth-order valence-corrected chi connectivity index (χ4v) is 2.73. The van der Waals surface area contributed by atoms with E-state index in [2.05, 4.69) is 9.88 Å². The second-order valence-corrected chi connectivity index (χ2v) is 6.38. The second kappa shape index (κ2) is 6.12. The van der Waals surface area contributed by atoms with E-state index >= 15 is 0 Å². The van der Waals surface area contributed by atoms with E-state index < -0.39 is 10.0 Å². The number of thiocarbonyl (C=S) groups is 1. The van der Waals surface area contributed by atoms with Crippen LogP contribution in [0.25, 0.3) is 0 Å². The lowest BCUT2D eigenvalue weighted by Crippen LogP contribution is -2.23. The molecule has 3 N–H and O–H groups in total. The molecule has 6 nitrogen and oxygen atoms in total. The van der Waals surface area contributed by atoms with Gasteiger partial charge in [0.25, 0.3) is 0 Å². The summed E-state index contributed by atoms with van der Waals surface area (Å²) in [6.07, 6.45) is 1.90. The van der Waals surface area contributed by atoms with E-state index in [0.29, 0.717) is 17.2 Å². The molecule has 0 spiro atoms. The molecule has 0 bridgehead atoms. The second-order valence-electron chi connectivity index (χ2n) is 4.09. The van der Waals surface area contributed by atoms with Gasteiger partial charge in [-0.1, -0.05) is 29.5 Å². The molecule has 20 heavy (non-hydrogen) atoms. The number of aromatic nitrogens is 1. The van der Waals surface area contributed by atoms with E-state index in [1.165, 1.54) is 18.3 Å². The third-order valence-corrected chi connectivity index (χ3v) is 4.10. The minimum absolute atomic E-state index is 0.0526. The molecule has 2 aromatic rings.